The van der Waals surface area contributed by atoms with Crippen molar-refractivity contribution < 1.29 is 19.5 Å². The van der Waals surface area contributed by atoms with Gasteiger partial charge in [0, 0.05) is 24.9 Å². The van der Waals surface area contributed by atoms with Crippen molar-refractivity contribution in [3.8, 4) is 0 Å². The van der Waals surface area contributed by atoms with E-state index in [0.29, 0.717) is 0 Å². The van der Waals surface area contributed by atoms with Gasteiger partial charge in [-0.15, -0.1) is 11.8 Å². The van der Waals surface area contributed by atoms with E-state index in [1.807, 2.05) is 24.3 Å². The molecule has 1 aliphatic heterocycles. The quantitative estimate of drug-likeness (QED) is 0.861. The van der Waals surface area contributed by atoms with E-state index in [-0.39, 0.29) is 24.8 Å². The summed E-state index contributed by atoms with van der Waals surface area (Å²) in [6.07, 6.45) is 0.0493. The van der Waals surface area contributed by atoms with Crippen LogP contribution in [0.5, 0.6) is 0 Å². The molecule has 1 aromatic rings. The summed E-state index contributed by atoms with van der Waals surface area (Å²) in [5, 5.41) is 11.2. The Labute approximate surface area is 132 Å². The predicted octanol–water partition coefficient (Wildman–Crippen LogP) is 1.67. The van der Waals surface area contributed by atoms with Crippen molar-refractivity contribution in [3.05, 3.63) is 24.3 Å². The molecule has 6 nitrogen and oxygen atoms in total. The van der Waals surface area contributed by atoms with Crippen LogP contribution < -0.4 is 5.32 Å². The van der Waals surface area contributed by atoms with Crippen molar-refractivity contribution in [2.24, 2.45) is 5.92 Å². The third kappa shape index (κ3) is 3.79. The summed E-state index contributed by atoms with van der Waals surface area (Å²) in [6.45, 7) is 1.67. The lowest BCUT2D eigenvalue weighted by Crippen LogP contribution is -2.38. The normalized spacial score (nSPS) is 18.1. The maximum absolute atomic E-state index is 12.2. The number of hydrogen-bond acceptors (Lipinski definition) is 4. The fourth-order valence-corrected chi connectivity index (χ4v) is 3.23. The van der Waals surface area contributed by atoms with Gasteiger partial charge in [-0.3, -0.25) is 14.4 Å². The predicted molar refractivity (Wildman–Crippen MR) is 83.8 cm³/mol. The molecule has 2 N–H and O–H groups in total. The number of carboxylic acid groups (broad SMARTS) is 1. The minimum absolute atomic E-state index is 0.0493. The molecule has 0 saturated heterocycles. The summed E-state index contributed by atoms with van der Waals surface area (Å²) in [7, 11) is 1.56. The summed E-state index contributed by atoms with van der Waals surface area (Å²) in [6, 6.07) is 7.43. The number of para-hydroxylation sites is 1. The van der Waals surface area contributed by atoms with Crippen molar-refractivity contribution in [1.82, 2.24) is 4.90 Å². The Balaban J connectivity index is 1.97. The lowest BCUT2D eigenvalue weighted by atomic mass is 10.1. The van der Waals surface area contributed by atoms with Crippen molar-refractivity contribution in [2.45, 2.75) is 23.5 Å². The molecule has 1 heterocycles. The molecule has 2 rings (SSSR count). The molecule has 0 radical (unpaired) electrons. The Morgan fingerprint density at radius 3 is 2.77 bits per heavy atom. The highest BCUT2D eigenvalue weighted by atomic mass is 32.2. The summed E-state index contributed by atoms with van der Waals surface area (Å²) in [5.41, 5.74) is 0.758. The van der Waals surface area contributed by atoms with Crippen LogP contribution in [0.25, 0.3) is 0 Å². The van der Waals surface area contributed by atoms with Gasteiger partial charge in [-0.2, -0.15) is 0 Å². The van der Waals surface area contributed by atoms with Crippen LogP contribution in [0.15, 0.2) is 29.2 Å². The van der Waals surface area contributed by atoms with E-state index in [0.717, 1.165) is 10.6 Å². The lowest BCUT2D eigenvalue weighted by Gasteiger charge is -2.26. The molecule has 7 heteroatoms. The highest BCUT2D eigenvalue weighted by molar-refractivity contribution is 8.01. The monoisotopic (exact) mass is 322 g/mol. The standard InChI is InChI=1S/C15H18N2O4S/c1-9(15(20)21)8-17(2)13(18)7-12-14(19)16-10-5-3-4-6-11(10)22-12/h3-6,9,12H,7-8H2,1-2H3,(H,16,19)(H,20,21). The Morgan fingerprint density at radius 1 is 1.41 bits per heavy atom. The molecule has 0 fully saturated rings. The van der Waals surface area contributed by atoms with E-state index in [9.17, 15) is 14.4 Å². The number of hydrogen-bond donors (Lipinski definition) is 2. The van der Waals surface area contributed by atoms with E-state index >= 15 is 0 Å². The number of amides is 2. The second-order valence-electron chi connectivity index (χ2n) is 5.31. The second-order valence-corrected chi connectivity index (χ2v) is 6.55. The van der Waals surface area contributed by atoms with E-state index in [2.05, 4.69) is 5.32 Å². The first-order chi connectivity index (χ1) is 10.4. The van der Waals surface area contributed by atoms with E-state index in [4.69, 9.17) is 5.11 Å². The van der Waals surface area contributed by atoms with Crippen LogP contribution in [0.4, 0.5) is 5.69 Å². The van der Waals surface area contributed by atoms with Gasteiger partial charge >= 0.3 is 5.97 Å². The molecule has 2 amide bonds. The number of benzene rings is 1. The summed E-state index contributed by atoms with van der Waals surface area (Å²) in [5.74, 6) is -2.02. The SMILES string of the molecule is CC(CN(C)C(=O)CC1Sc2ccccc2NC1=O)C(=O)O. The molecule has 1 aromatic carbocycles. The van der Waals surface area contributed by atoms with Crippen LogP contribution in [0.1, 0.15) is 13.3 Å². The lowest BCUT2D eigenvalue weighted by molar-refractivity contribution is -0.142. The van der Waals surface area contributed by atoms with Crippen molar-refractivity contribution >= 4 is 35.2 Å². The number of anilines is 1. The molecule has 2 unspecified atom stereocenters. The highest BCUT2D eigenvalue weighted by Gasteiger charge is 2.30. The van der Waals surface area contributed by atoms with Gasteiger partial charge in [0.2, 0.25) is 11.8 Å². The molecule has 0 saturated carbocycles. The molecule has 1 aliphatic rings. The number of carboxylic acids is 1. The molecule has 22 heavy (non-hydrogen) atoms. The number of carbonyl (C=O) groups excluding carboxylic acids is 2. The number of aliphatic carboxylic acids is 1. The van der Waals surface area contributed by atoms with Gasteiger partial charge in [0.1, 0.15) is 0 Å². The molecule has 0 aliphatic carbocycles. The van der Waals surface area contributed by atoms with Gasteiger partial charge in [-0.05, 0) is 12.1 Å². The molecule has 0 aromatic heterocycles. The fraction of sp³-hybridized carbons (Fsp3) is 0.400. The van der Waals surface area contributed by atoms with Gasteiger partial charge < -0.3 is 15.3 Å². The Bertz CT molecular complexity index is 605. The third-order valence-corrected chi connectivity index (χ3v) is 4.74. The van der Waals surface area contributed by atoms with Crippen molar-refractivity contribution in [1.29, 1.82) is 0 Å². The average Bonchev–Trinajstić information content (AvgIpc) is 2.47. The minimum Gasteiger partial charge on any atom is -0.481 e. The zero-order valence-corrected chi connectivity index (χ0v) is 13.2. The van der Waals surface area contributed by atoms with E-state index in [1.54, 1.807) is 14.0 Å². The fourth-order valence-electron chi connectivity index (χ4n) is 2.13. The van der Waals surface area contributed by atoms with Crippen LogP contribution in [-0.2, 0) is 14.4 Å². The number of nitrogens with zero attached hydrogens (tertiary/aromatic N) is 1. The van der Waals surface area contributed by atoms with Gasteiger partial charge in [-0.25, -0.2) is 0 Å². The topological polar surface area (TPSA) is 86.7 Å². The number of rotatable bonds is 5. The molecular formula is C15H18N2O4S. The number of carbonyl (C=O) groups is 3. The molecular weight excluding hydrogens is 304 g/mol. The Hall–Kier alpha value is -2.02. The minimum atomic E-state index is -0.946. The van der Waals surface area contributed by atoms with Crippen LogP contribution >= 0.6 is 11.8 Å². The first-order valence-corrected chi connectivity index (χ1v) is 7.79. The Morgan fingerprint density at radius 2 is 2.09 bits per heavy atom. The third-order valence-electron chi connectivity index (χ3n) is 3.46. The maximum atomic E-state index is 12.2. The van der Waals surface area contributed by atoms with Crippen LogP contribution in [0, 0.1) is 5.92 Å². The summed E-state index contributed by atoms with van der Waals surface area (Å²) >= 11 is 1.36. The van der Waals surface area contributed by atoms with Crippen LogP contribution in [0.2, 0.25) is 0 Å². The number of thioether (sulfide) groups is 1. The largest absolute Gasteiger partial charge is 0.481 e. The van der Waals surface area contributed by atoms with Crippen molar-refractivity contribution in [2.75, 3.05) is 18.9 Å². The zero-order chi connectivity index (χ0) is 16.3. The first kappa shape index (κ1) is 16.4. The highest BCUT2D eigenvalue weighted by Crippen LogP contribution is 2.36. The second kappa shape index (κ2) is 6.83. The summed E-state index contributed by atoms with van der Waals surface area (Å²) in [4.78, 5) is 37.3. The molecule has 2 atom stereocenters. The van der Waals surface area contributed by atoms with Gasteiger partial charge in [-0.1, -0.05) is 19.1 Å². The smallest absolute Gasteiger partial charge is 0.308 e. The van der Waals surface area contributed by atoms with Gasteiger partial charge in [0.05, 0.1) is 16.9 Å². The molecule has 118 valence electrons. The van der Waals surface area contributed by atoms with Crippen LogP contribution in [0.3, 0.4) is 0 Å². The van der Waals surface area contributed by atoms with E-state index in [1.165, 1.54) is 16.7 Å². The van der Waals surface area contributed by atoms with Gasteiger partial charge in [0.25, 0.3) is 0 Å². The van der Waals surface area contributed by atoms with E-state index < -0.39 is 17.1 Å². The van der Waals surface area contributed by atoms with Crippen molar-refractivity contribution in [3.63, 3.8) is 0 Å². The summed E-state index contributed by atoms with van der Waals surface area (Å²) < 4.78 is 0. The number of fused-ring (bicyclic) bond motifs is 1. The van der Waals surface area contributed by atoms with Crippen LogP contribution in [-0.4, -0.2) is 46.6 Å². The molecule has 0 spiro atoms. The first-order valence-electron chi connectivity index (χ1n) is 6.91. The zero-order valence-electron chi connectivity index (χ0n) is 12.4. The Kier molecular flexibility index (Phi) is 5.07. The average molecular weight is 322 g/mol. The number of nitrogens with one attached hydrogen (secondary N) is 1. The maximum Gasteiger partial charge on any atom is 0.308 e. The molecule has 0 bridgehead atoms. The van der Waals surface area contributed by atoms with Gasteiger partial charge in [0.15, 0.2) is 0 Å².